The first kappa shape index (κ1) is 18.7. The number of hydrogen-bond donors (Lipinski definition) is 0. The molecule has 2 heterocycles. The van der Waals surface area contributed by atoms with Crippen molar-refractivity contribution in [2.75, 3.05) is 20.2 Å². The first-order chi connectivity index (χ1) is 12.4. The standard InChI is InChI=1S/C19H24N2O4S/c1-15-8-11-21(12-9-15)26(23,24)18-7-4-10-20(19(18)22)14-16-5-3-6-17(13-16)25-2/h3-7,10,13,15H,8-9,11-12,14H2,1-2H3. The van der Waals surface area contributed by atoms with Gasteiger partial charge < -0.3 is 9.30 Å². The number of benzene rings is 1. The number of rotatable bonds is 5. The highest BCUT2D eigenvalue weighted by atomic mass is 32.2. The maximum atomic E-state index is 12.9. The molecule has 1 aliphatic rings. The summed E-state index contributed by atoms with van der Waals surface area (Å²) < 4.78 is 33.9. The van der Waals surface area contributed by atoms with Crippen LogP contribution in [0.3, 0.4) is 0 Å². The molecule has 2 aromatic rings. The Morgan fingerprint density at radius 3 is 2.58 bits per heavy atom. The molecule has 1 aromatic heterocycles. The molecule has 1 aromatic carbocycles. The van der Waals surface area contributed by atoms with Gasteiger partial charge in [0.25, 0.3) is 5.56 Å². The zero-order valence-electron chi connectivity index (χ0n) is 15.1. The van der Waals surface area contributed by atoms with Gasteiger partial charge >= 0.3 is 0 Å². The molecule has 26 heavy (non-hydrogen) atoms. The molecule has 1 aliphatic heterocycles. The van der Waals surface area contributed by atoms with E-state index in [1.54, 1.807) is 19.4 Å². The van der Waals surface area contributed by atoms with Crippen molar-refractivity contribution in [3.63, 3.8) is 0 Å². The molecule has 0 spiro atoms. The number of sulfonamides is 1. The van der Waals surface area contributed by atoms with Gasteiger partial charge in [0.05, 0.1) is 13.7 Å². The number of pyridine rings is 1. The van der Waals surface area contributed by atoms with Crippen molar-refractivity contribution >= 4 is 10.0 Å². The Hall–Kier alpha value is -2.12. The molecule has 3 rings (SSSR count). The Morgan fingerprint density at radius 2 is 1.88 bits per heavy atom. The van der Waals surface area contributed by atoms with Crippen LogP contribution < -0.4 is 10.3 Å². The molecule has 0 atom stereocenters. The molecule has 0 bridgehead atoms. The van der Waals surface area contributed by atoms with E-state index in [0.29, 0.717) is 24.8 Å². The fourth-order valence-corrected chi connectivity index (χ4v) is 4.73. The van der Waals surface area contributed by atoms with Gasteiger partial charge in [-0.05, 0) is 48.6 Å². The van der Waals surface area contributed by atoms with Crippen molar-refractivity contribution in [2.45, 2.75) is 31.2 Å². The predicted octanol–water partition coefficient (Wildman–Crippen LogP) is 2.33. The minimum atomic E-state index is -3.77. The summed E-state index contributed by atoms with van der Waals surface area (Å²) in [5, 5.41) is 0. The Bertz CT molecular complexity index is 929. The minimum Gasteiger partial charge on any atom is -0.497 e. The summed E-state index contributed by atoms with van der Waals surface area (Å²) in [6.07, 6.45) is 3.26. The molecule has 0 amide bonds. The Labute approximate surface area is 154 Å². The lowest BCUT2D eigenvalue weighted by Gasteiger charge is -2.29. The van der Waals surface area contributed by atoms with Crippen LogP contribution in [-0.4, -0.2) is 37.5 Å². The molecule has 6 nitrogen and oxygen atoms in total. The van der Waals surface area contributed by atoms with E-state index in [0.717, 1.165) is 18.4 Å². The average Bonchev–Trinajstić information content (AvgIpc) is 2.64. The molecule has 0 radical (unpaired) electrons. The third-order valence-corrected chi connectivity index (χ3v) is 6.74. The lowest BCUT2D eigenvalue weighted by molar-refractivity contribution is 0.287. The van der Waals surface area contributed by atoms with Crippen LogP contribution in [0.2, 0.25) is 0 Å². The molecular weight excluding hydrogens is 352 g/mol. The second-order valence-corrected chi connectivity index (χ2v) is 8.65. The maximum Gasteiger partial charge on any atom is 0.271 e. The minimum absolute atomic E-state index is 0.155. The molecule has 0 unspecified atom stereocenters. The average molecular weight is 376 g/mol. The highest BCUT2D eigenvalue weighted by Crippen LogP contribution is 2.22. The quantitative estimate of drug-likeness (QED) is 0.803. The van der Waals surface area contributed by atoms with Crippen LogP contribution in [-0.2, 0) is 16.6 Å². The topological polar surface area (TPSA) is 68.6 Å². The molecule has 140 valence electrons. The van der Waals surface area contributed by atoms with Gasteiger partial charge in [-0.2, -0.15) is 4.31 Å². The fraction of sp³-hybridized carbons (Fsp3) is 0.421. The third kappa shape index (κ3) is 3.83. The Balaban J connectivity index is 1.90. The van der Waals surface area contributed by atoms with Gasteiger partial charge in [0, 0.05) is 19.3 Å². The first-order valence-corrected chi connectivity index (χ1v) is 10.2. The zero-order chi connectivity index (χ0) is 18.7. The molecule has 0 aliphatic carbocycles. The van der Waals surface area contributed by atoms with Gasteiger partial charge in [0.2, 0.25) is 10.0 Å². The summed E-state index contributed by atoms with van der Waals surface area (Å²) in [5.74, 6) is 1.21. The molecule has 1 saturated heterocycles. The summed E-state index contributed by atoms with van der Waals surface area (Å²) in [7, 11) is -2.19. The van der Waals surface area contributed by atoms with Crippen LogP contribution in [0.25, 0.3) is 0 Å². The van der Waals surface area contributed by atoms with E-state index in [1.807, 2.05) is 24.3 Å². The monoisotopic (exact) mass is 376 g/mol. The largest absolute Gasteiger partial charge is 0.497 e. The van der Waals surface area contributed by atoms with E-state index in [9.17, 15) is 13.2 Å². The van der Waals surface area contributed by atoms with Crippen molar-refractivity contribution in [3.8, 4) is 5.75 Å². The van der Waals surface area contributed by atoms with E-state index in [1.165, 1.54) is 14.9 Å². The molecule has 0 saturated carbocycles. The van der Waals surface area contributed by atoms with Gasteiger partial charge in [-0.3, -0.25) is 4.79 Å². The van der Waals surface area contributed by atoms with Crippen LogP contribution in [0.4, 0.5) is 0 Å². The number of aromatic nitrogens is 1. The van der Waals surface area contributed by atoms with Crippen molar-refractivity contribution < 1.29 is 13.2 Å². The van der Waals surface area contributed by atoms with Gasteiger partial charge in [-0.25, -0.2) is 8.42 Å². The van der Waals surface area contributed by atoms with Crippen LogP contribution in [0.5, 0.6) is 5.75 Å². The van der Waals surface area contributed by atoms with Gasteiger partial charge in [-0.15, -0.1) is 0 Å². The first-order valence-electron chi connectivity index (χ1n) is 8.74. The lowest BCUT2D eigenvalue weighted by atomic mass is 10.0. The number of piperidine rings is 1. The summed E-state index contributed by atoms with van der Waals surface area (Å²) in [4.78, 5) is 12.7. The molecule has 1 fully saturated rings. The molecule has 0 N–H and O–H groups in total. The second kappa shape index (κ2) is 7.63. The van der Waals surface area contributed by atoms with Crippen LogP contribution in [0, 0.1) is 5.92 Å². The maximum absolute atomic E-state index is 12.9. The Morgan fingerprint density at radius 1 is 1.15 bits per heavy atom. The van der Waals surface area contributed by atoms with Gasteiger partial charge in [0.15, 0.2) is 0 Å². The fourth-order valence-electron chi connectivity index (χ4n) is 3.17. The SMILES string of the molecule is COc1cccc(Cn2cccc(S(=O)(=O)N3CCC(C)CC3)c2=O)c1. The highest BCUT2D eigenvalue weighted by molar-refractivity contribution is 7.89. The summed E-state index contributed by atoms with van der Waals surface area (Å²) in [5.41, 5.74) is 0.377. The van der Waals surface area contributed by atoms with Crippen molar-refractivity contribution in [3.05, 3.63) is 58.5 Å². The second-order valence-electron chi connectivity index (χ2n) is 6.74. The molecular formula is C19H24N2O4S. The van der Waals surface area contributed by atoms with Crippen LogP contribution in [0.15, 0.2) is 52.3 Å². The van der Waals surface area contributed by atoms with E-state index in [-0.39, 0.29) is 11.4 Å². The van der Waals surface area contributed by atoms with E-state index in [4.69, 9.17) is 4.74 Å². The number of hydrogen-bond acceptors (Lipinski definition) is 4. The van der Waals surface area contributed by atoms with Crippen molar-refractivity contribution in [1.29, 1.82) is 0 Å². The Kier molecular flexibility index (Phi) is 5.48. The summed E-state index contributed by atoms with van der Waals surface area (Å²) >= 11 is 0. The van der Waals surface area contributed by atoms with Crippen LogP contribution in [0.1, 0.15) is 25.3 Å². The smallest absolute Gasteiger partial charge is 0.271 e. The van der Waals surface area contributed by atoms with Gasteiger partial charge in [-0.1, -0.05) is 19.1 Å². The van der Waals surface area contributed by atoms with Crippen LogP contribution >= 0.6 is 0 Å². The summed E-state index contributed by atoms with van der Waals surface area (Å²) in [6.45, 7) is 3.34. The number of ether oxygens (including phenoxy) is 1. The van der Waals surface area contributed by atoms with Crippen molar-refractivity contribution in [1.82, 2.24) is 8.87 Å². The summed E-state index contributed by atoms with van der Waals surface area (Å²) in [6, 6.07) is 10.4. The van der Waals surface area contributed by atoms with E-state index >= 15 is 0 Å². The predicted molar refractivity (Wildman–Crippen MR) is 100.0 cm³/mol. The normalized spacial score (nSPS) is 16.5. The zero-order valence-corrected chi connectivity index (χ0v) is 15.9. The highest BCUT2D eigenvalue weighted by Gasteiger charge is 2.30. The van der Waals surface area contributed by atoms with E-state index < -0.39 is 15.6 Å². The number of nitrogens with zero attached hydrogens (tertiary/aromatic N) is 2. The third-order valence-electron chi connectivity index (χ3n) is 4.83. The lowest BCUT2D eigenvalue weighted by Crippen LogP contribution is -2.40. The number of methoxy groups -OCH3 is 1. The van der Waals surface area contributed by atoms with Crippen molar-refractivity contribution in [2.24, 2.45) is 5.92 Å². The van der Waals surface area contributed by atoms with E-state index in [2.05, 4.69) is 6.92 Å². The molecule has 7 heteroatoms. The van der Waals surface area contributed by atoms with Gasteiger partial charge in [0.1, 0.15) is 10.6 Å².